The predicted octanol–water partition coefficient (Wildman–Crippen LogP) is 1.92. The molecule has 0 spiro atoms. The van der Waals surface area contributed by atoms with E-state index in [0.29, 0.717) is 25.8 Å². The minimum atomic E-state index is -0.505. The number of hydrogen-bond donors (Lipinski definition) is 1. The van der Waals surface area contributed by atoms with Crippen LogP contribution < -0.4 is 0 Å². The number of aryl methyl sites for hydroxylation is 2. The molecule has 1 N–H and O–H groups in total. The third-order valence-electron chi connectivity index (χ3n) is 4.68. The van der Waals surface area contributed by atoms with Crippen LogP contribution in [0, 0.1) is 13.8 Å². The molecule has 0 aliphatic carbocycles. The molecular formula is C18H28N4O3. The van der Waals surface area contributed by atoms with Crippen molar-refractivity contribution in [1.82, 2.24) is 19.7 Å². The number of hydrogen-bond acceptors (Lipinski definition) is 6. The van der Waals surface area contributed by atoms with Gasteiger partial charge in [-0.05, 0) is 45.4 Å². The lowest BCUT2D eigenvalue weighted by atomic mass is 10.0. The van der Waals surface area contributed by atoms with E-state index >= 15 is 0 Å². The lowest BCUT2D eigenvalue weighted by Gasteiger charge is -2.36. The summed E-state index contributed by atoms with van der Waals surface area (Å²) < 4.78 is 12.8. The van der Waals surface area contributed by atoms with Gasteiger partial charge in [0, 0.05) is 12.6 Å². The van der Waals surface area contributed by atoms with Crippen LogP contribution >= 0.6 is 0 Å². The average molecular weight is 348 g/mol. The highest BCUT2D eigenvalue weighted by Gasteiger charge is 2.25. The second-order valence-corrected chi connectivity index (χ2v) is 6.78. The first kappa shape index (κ1) is 18.1. The van der Waals surface area contributed by atoms with Crippen molar-refractivity contribution in [2.45, 2.75) is 58.4 Å². The van der Waals surface area contributed by atoms with Gasteiger partial charge in [-0.3, -0.25) is 4.90 Å². The molecule has 0 aromatic carbocycles. The van der Waals surface area contributed by atoms with Gasteiger partial charge in [-0.2, -0.15) is 5.10 Å². The summed E-state index contributed by atoms with van der Waals surface area (Å²) in [5, 5.41) is 14.8. The summed E-state index contributed by atoms with van der Waals surface area (Å²) in [6, 6.07) is 4.09. The Kier molecular flexibility index (Phi) is 6.23. The zero-order chi connectivity index (χ0) is 17.6. The van der Waals surface area contributed by atoms with E-state index in [2.05, 4.69) is 15.0 Å². The maximum Gasteiger partial charge on any atom is 0.147 e. The third-order valence-corrected chi connectivity index (χ3v) is 4.68. The van der Waals surface area contributed by atoms with Crippen molar-refractivity contribution in [3.63, 3.8) is 0 Å². The van der Waals surface area contributed by atoms with Crippen molar-refractivity contribution >= 4 is 0 Å². The Bertz CT molecular complexity index is 641. The van der Waals surface area contributed by atoms with Gasteiger partial charge in [0.2, 0.25) is 0 Å². The van der Waals surface area contributed by atoms with Crippen LogP contribution in [-0.4, -0.2) is 56.6 Å². The Hall–Kier alpha value is -1.70. The molecule has 0 bridgehead atoms. The Labute approximate surface area is 148 Å². The molecule has 138 valence electrons. The van der Waals surface area contributed by atoms with E-state index < -0.39 is 6.10 Å². The number of likely N-dealkylation sites (tertiary alicyclic amines) is 1. The Morgan fingerprint density at radius 1 is 1.40 bits per heavy atom. The number of aliphatic hydroxyl groups is 1. The second-order valence-electron chi connectivity index (χ2n) is 6.78. The van der Waals surface area contributed by atoms with Crippen LogP contribution in [0.15, 0.2) is 22.8 Å². The Balaban J connectivity index is 1.49. The maximum atomic E-state index is 10.3. The van der Waals surface area contributed by atoms with Gasteiger partial charge in [-0.25, -0.2) is 9.67 Å². The number of nitrogens with zero attached hydrogens (tertiary/aromatic N) is 4. The molecule has 1 aliphatic rings. The van der Waals surface area contributed by atoms with Gasteiger partial charge in [0.05, 0.1) is 25.5 Å². The zero-order valence-corrected chi connectivity index (χ0v) is 15.1. The summed E-state index contributed by atoms with van der Waals surface area (Å²) in [6.07, 6.45) is 4.64. The zero-order valence-electron chi connectivity index (χ0n) is 15.1. The molecular weight excluding hydrogens is 320 g/mol. The SMILES string of the molecule is Cc1nc(C)n(C[C@H]2CCCCN2C[C@H](O)COCc2ccco2)n1. The van der Waals surface area contributed by atoms with Gasteiger partial charge in [0.1, 0.15) is 24.0 Å². The van der Waals surface area contributed by atoms with Crippen LogP contribution in [0.5, 0.6) is 0 Å². The molecule has 0 amide bonds. The number of rotatable bonds is 8. The van der Waals surface area contributed by atoms with Gasteiger partial charge in [0.25, 0.3) is 0 Å². The van der Waals surface area contributed by atoms with E-state index in [9.17, 15) is 5.11 Å². The molecule has 1 saturated heterocycles. The summed E-state index contributed by atoms with van der Waals surface area (Å²) in [6.45, 7) is 7.07. The molecule has 7 nitrogen and oxygen atoms in total. The fourth-order valence-electron chi connectivity index (χ4n) is 3.45. The van der Waals surface area contributed by atoms with Crippen LogP contribution in [0.3, 0.4) is 0 Å². The maximum absolute atomic E-state index is 10.3. The van der Waals surface area contributed by atoms with Crippen LogP contribution in [-0.2, 0) is 17.9 Å². The minimum absolute atomic E-state index is 0.311. The first-order valence-electron chi connectivity index (χ1n) is 9.02. The lowest BCUT2D eigenvalue weighted by Crippen LogP contribution is -2.46. The average Bonchev–Trinajstić information content (AvgIpc) is 3.19. The van der Waals surface area contributed by atoms with Gasteiger partial charge in [-0.1, -0.05) is 6.42 Å². The molecule has 7 heteroatoms. The quantitative estimate of drug-likeness (QED) is 0.785. The van der Waals surface area contributed by atoms with Crippen molar-refractivity contribution in [3.05, 3.63) is 35.8 Å². The molecule has 0 saturated carbocycles. The fraction of sp³-hybridized carbons (Fsp3) is 0.667. The van der Waals surface area contributed by atoms with E-state index in [-0.39, 0.29) is 0 Å². The number of β-amino-alcohol motifs (C(OH)–C–C–N with tert-alkyl or cyclic N) is 1. The number of piperidine rings is 1. The van der Waals surface area contributed by atoms with Crippen molar-refractivity contribution in [2.75, 3.05) is 19.7 Å². The normalized spacial score (nSPS) is 20.0. The minimum Gasteiger partial charge on any atom is -0.467 e. The standard InChI is InChI=1S/C18H28N4O3/c1-14-19-15(2)22(20-14)10-16-6-3-4-8-21(16)11-17(23)12-24-13-18-7-5-9-25-18/h5,7,9,16-17,23H,3-4,6,8,10-13H2,1-2H3/t16-,17+/m1/s1. The summed E-state index contributed by atoms with van der Waals surface area (Å²) >= 11 is 0. The monoisotopic (exact) mass is 348 g/mol. The van der Waals surface area contributed by atoms with Crippen LogP contribution in [0.4, 0.5) is 0 Å². The number of aromatic nitrogens is 3. The topological polar surface area (TPSA) is 76.6 Å². The molecule has 1 aliphatic heterocycles. The van der Waals surface area contributed by atoms with Crippen molar-refractivity contribution < 1.29 is 14.3 Å². The first-order valence-corrected chi connectivity index (χ1v) is 9.02. The largest absolute Gasteiger partial charge is 0.467 e. The summed E-state index contributed by atoms with van der Waals surface area (Å²) in [5.41, 5.74) is 0. The van der Waals surface area contributed by atoms with Gasteiger partial charge in [-0.15, -0.1) is 0 Å². The smallest absolute Gasteiger partial charge is 0.147 e. The Morgan fingerprint density at radius 2 is 2.28 bits per heavy atom. The summed E-state index contributed by atoms with van der Waals surface area (Å²) in [5.74, 6) is 2.54. The van der Waals surface area contributed by atoms with E-state index in [1.54, 1.807) is 6.26 Å². The van der Waals surface area contributed by atoms with Gasteiger partial charge < -0.3 is 14.3 Å². The summed E-state index contributed by atoms with van der Waals surface area (Å²) in [4.78, 5) is 6.74. The van der Waals surface area contributed by atoms with E-state index in [1.807, 2.05) is 30.7 Å². The van der Waals surface area contributed by atoms with Crippen LogP contribution in [0.2, 0.25) is 0 Å². The van der Waals surface area contributed by atoms with Gasteiger partial charge in [0.15, 0.2) is 0 Å². The highest BCUT2D eigenvalue weighted by Crippen LogP contribution is 2.19. The molecule has 3 rings (SSSR count). The molecule has 2 aromatic rings. The molecule has 2 atom stereocenters. The van der Waals surface area contributed by atoms with Crippen molar-refractivity contribution in [2.24, 2.45) is 0 Å². The number of furan rings is 1. The predicted molar refractivity (Wildman–Crippen MR) is 93.1 cm³/mol. The summed E-state index contributed by atoms with van der Waals surface area (Å²) in [7, 11) is 0. The number of aliphatic hydroxyl groups excluding tert-OH is 1. The first-order chi connectivity index (χ1) is 12.1. The van der Waals surface area contributed by atoms with E-state index in [1.165, 1.54) is 12.8 Å². The molecule has 25 heavy (non-hydrogen) atoms. The number of ether oxygens (including phenoxy) is 1. The lowest BCUT2D eigenvalue weighted by molar-refractivity contribution is -0.00935. The van der Waals surface area contributed by atoms with E-state index in [0.717, 1.165) is 36.9 Å². The highest BCUT2D eigenvalue weighted by atomic mass is 16.5. The molecule has 1 fully saturated rings. The van der Waals surface area contributed by atoms with Crippen LogP contribution in [0.1, 0.15) is 36.7 Å². The van der Waals surface area contributed by atoms with E-state index in [4.69, 9.17) is 9.15 Å². The highest BCUT2D eigenvalue weighted by molar-refractivity contribution is 4.96. The van der Waals surface area contributed by atoms with Crippen molar-refractivity contribution in [3.8, 4) is 0 Å². The third kappa shape index (κ3) is 5.14. The van der Waals surface area contributed by atoms with Crippen molar-refractivity contribution in [1.29, 1.82) is 0 Å². The van der Waals surface area contributed by atoms with Crippen LogP contribution in [0.25, 0.3) is 0 Å². The second kappa shape index (κ2) is 8.60. The fourth-order valence-corrected chi connectivity index (χ4v) is 3.45. The Morgan fingerprint density at radius 3 is 3.00 bits per heavy atom. The van der Waals surface area contributed by atoms with Gasteiger partial charge >= 0.3 is 0 Å². The molecule has 3 heterocycles. The molecule has 0 radical (unpaired) electrons. The molecule has 0 unspecified atom stereocenters. The molecule has 2 aromatic heterocycles.